The highest BCUT2D eigenvalue weighted by molar-refractivity contribution is 7.98. The van der Waals surface area contributed by atoms with Gasteiger partial charge in [-0.05, 0) is 61.2 Å². The first-order chi connectivity index (χ1) is 11.4. The molecule has 0 aliphatic rings. The Hall–Kier alpha value is -1.16. The van der Waals surface area contributed by atoms with E-state index in [0.29, 0.717) is 16.6 Å². The summed E-state index contributed by atoms with van der Waals surface area (Å²) in [4.78, 5) is 12.3. The van der Waals surface area contributed by atoms with Crippen molar-refractivity contribution in [1.29, 1.82) is 0 Å². The Kier molecular flexibility index (Phi) is 7.02. The molecule has 0 unspecified atom stereocenters. The van der Waals surface area contributed by atoms with Gasteiger partial charge in [0.15, 0.2) is 0 Å². The van der Waals surface area contributed by atoms with Gasteiger partial charge < -0.3 is 5.32 Å². The molecule has 0 aromatic heterocycles. The standard InChI is InChI=1S/C19H21Cl2NOS/c1-12-8-14(3)16(9-13(12)2)19(23)22-6-7-24-11-15-4-5-17(20)18(21)10-15/h4-5,8-10H,6-7,11H2,1-3H3,(H,22,23). The minimum atomic E-state index is -0.00858. The molecule has 0 fully saturated rings. The van der Waals surface area contributed by atoms with Gasteiger partial charge in [0.1, 0.15) is 0 Å². The monoisotopic (exact) mass is 381 g/mol. The van der Waals surface area contributed by atoms with E-state index in [9.17, 15) is 4.79 Å². The molecule has 2 aromatic carbocycles. The summed E-state index contributed by atoms with van der Waals surface area (Å²) in [6, 6.07) is 9.68. The fraction of sp³-hybridized carbons (Fsp3) is 0.316. The van der Waals surface area contributed by atoms with Crippen molar-refractivity contribution in [3.63, 3.8) is 0 Å². The average molecular weight is 382 g/mol. The van der Waals surface area contributed by atoms with Crippen molar-refractivity contribution >= 4 is 40.9 Å². The van der Waals surface area contributed by atoms with Crippen LogP contribution in [0.25, 0.3) is 0 Å². The Morgan fingerprint density at radius 2 is 1.71 bits per heavy atom. The van der Waals surface area contributed by atoms with Crippen molar-refractivity contribution < 1.29 is 4.79 Å². The summed E-state index contributed by atoms with van der Waals surface area (Å²) in [7, 11) is 0. The third-order valence-electron chi connectivity index (χ3n) is 3.87. The number of halogens is 2. The lowest BCUT2D eigenvalue weighted by molar-refractivity contribution is 0.0955. The molecule has 0 spiro atoms. The van der Waals surface area contributed by atoms with E-state index < -0.39 is 0 Å². The highest BCUT2D eigenvalue weighted by Crippen LogP contribution is 2.24. The van der Waals surface area contributed by atoms with Crippen LogP contribution in [0, 0.1) is 20.8 Å². The minimum absolute atomic E-state index is 0.00858. The van der Waals surface area contributed by atoms with E-state index in [1.807, 2.05) is 38.1 Å². The molecule has 2 rings (SSSR count). The van der Waals surface area contributed by atoms with Crippen LogP contribution in [-0.4, -0.2) is 18.2 Å². The Morgan fingerprint density at radius 1 is 1.00 bits per heavy atom. The summed E-state index contributed by atoms with van der Waals surface area (Å²) in [6.07, 6.45) is 0. The number of aryl methyl sites for hydroxylation is 3. The fourth-order valence-corrected chi connectivity index (χ4v) is 3.48. The van der Waals surface area contributed by atoms with E-state index in [4.69, 9.17) is 23.2 Å². The van der Waals surface area contributed by atoms with Gasteiger partial charge in [0.25, 0.3) is 5.91 Å². The number of carbonyl (C=O) groups is 1. The first-order valence-electron chi connectivity index (χ1n) is 7.76. The van der Waals surface area contributed by atoms with E-state index >= 15 is 0 Å². The molecule has 0 saturated heterocycles. The maximum atomic E-state index is 12.3. The smallest absolute Gasteiger partial charge is 0.251 e. The number of nitrogens with one attached hydrogen (secondary N) is 1. The first kappa shape index (κ1) is 19.2. The number of rotatable bonds is 6. The number of amides is 1. The van der Waals surface area contributed by atoms with Gasteiger partial charge >= 0.3 is 0 Å². The first-order valence-corrected chi connectivity index (χ1v) is 9.67. The summed E-state index contributed by atoms with van der Waals surface area (Å²) in [5.41, 5.74) is 5.25. The van der Waals surface area contributed by atoms with Gasteiger partial charge in [-0.25, -0.2) is 0 Å². The molecule has 0 aliphatic carbocycles. The molecule has 0 saturated carbocycles. The van der Waals surface area contributed by atoms with Crippen molar-refractivity contribution in [3.05, 3.63) is 68.2 Å². The zero-order valence-electron chi connectivity index (χ0n) is 14.1. The van der Waals surface area contributed by atoms with Gasteiger partial charge in [-0.3, -0.25) is 4.79 Å². The molecule has 128 valence electrons. The van der Waals surface area contributed by atoms with Gasteiger partial charge in [0, 0.05) is 23.6 Å². The topological polar surface area (TPSA) is 29.1 Å². The van der Waals surface area contributed by atoms with Crippen LogP contribution < -0.4 is 5.32 Å². The molecule has 1 N–H and O–H groups in total. The molecule has 24 heavy (non-hydrogen) atoms. The maximum absolute atomic E-state index is 12.3. The zero-order chi connectivity index (χ0) is 17.7. The van der Waals surface area contributed by atoms with Crippen molar-refractivity contribution in [2.45, 2.75) is 26.5 Å². The Balaban J connectivity index is 1.79. The second-order valence-corrected chi connectivity index (χ2v) is 7.73. The number of hydrogen-bond acceptors (Lipinski definition) is 2. The van der Waals surface area contributed by atoms with Gasteiger partial charge in [-0.2, -0.15) is 11.8 Å². The molecule has 0 atom stereocenters. The van der Waals surface area contributed by atoms with Crippen molar-refractivity contribution in [2.75, 3.05) is 12.3 Å². The zero-order valence-corrected chi connectivity index (χ0v) is 16.4. The van der Waals surface area contributed by atoms with Crippen LogP contribution in [0.1, 0.15) is 32.6 Å². The van der Waals surface area contributed by atoms with Gasteiger partial charge in [-0.15, -0.1) is 0 Å². The molecule has 1 amide bonds. The van der Waals surface area contributed by atoms with E-state index in [-0.39, 0.29) is 5.91 Å². The minimum Gasteiger partial charge on any atom is -0.351 e. The highest BCUT2D eigenvalue weighted by Gasteiger charge is 2.10. The molecule has 2 aromatic rings. The Bertz CT molecular complexity index is 746. The predicted octanol–water partition coefficient (Wildman–Crippen LogP) is 5.58. The van der Waals surface area contributed by atoms with Gasteiger partial charge in [0.05, 0.1) is 10.0 Å². The normalized spacial score (nSPS) is 10.7. The third kappa shape index (κ3) is 5.17. The summed E-state index contributed by atoms with van der Waals surface area (Å²) in [6.45, 7) is 6.69. The van der Waals surface area contributed by atoms with E-state index in [1.54, 1.807) is 11.8 Å². The second kappa shape index (κ2) is 8.80. The van der Waals surface area contributed by atoms with Gasteiger partial charge in [0.2, 0.25) is 0 Å². The fourth-order valence-electron chi connectivity index (χ4n) is 2.36. The lowest BCUT2D eigenvalue weighted by Gasteiger charge is -2.10. The van der Waals surface area contributed by atoms with Crippen LogP contribution in [-0.2, 0) is 5.75 Å². The van der Waals surface area contributed by atoms with Crippen LogP contribution in [0.4, 0.5) is 0 Å². The Labute approximate surface area is 157 Å². The molecule has 2 nitrogen and oxygen atoms in total. The van der Waals surface area contributed by atoms with Crippen LogP contribution in [0.5, 0.6) is 0 Å². The quantitative estimate of drug-likeness (QED) is 0.661. The average Bonchev–Trinajstić information content (AvgIpc) is 2.53. The van der Waals surface area contributed by atoms with Crippen molar-refractivity contribution in [1.82, 2.24) is 5.32 Å². The number of hydrogen-bond donors (Lipinski definition) is 1. The largest absolute Gasteiger partial charge is 0.351 e. The SMILES string of the molecule is Cc1cc(C)c(C(=O)NCCSCc2ccc(Cl)c(Cl)c2)cc1C. The van der Waals surface area contributed by atoms with Crippen LogP contribution in [0.15, 0.2) is 30.3 Å². The van der Waals surface area contributed by atoms with Crippen molar-refractivity contribution in [3.8, 4) is 0 Å². The number of thioether (sulfide) groups is 1. The van der Waals surface area contributed by atoms with E-state index in [2.05, 4.69) is 18.3 Å². The summed E-state index contributed by atoms with van der Waals surface area (Å²) >= 11 is 13.7. The lowest BCUT2D eigenvalue weighted by Crippen LogP contribution is -2.26. The van der Waals surface area contributed by atoms with E-state index in [1.165, 1.54) is 5.56 Å². The molecular weight excluding hydrogens is 361 g/mol. The molecule has 5 heteroatoms. The number of benzene rings is 2. The number of carbonyl (C=O) groups excluding carboxylic acids is 1. The summed E-state index contributed by atoms with van der Waals surface area (Å²) in [5.74, 6) is 1.68. The van der Waals surface area contributed by atoms with Crippen molar-refractivity contribution in [2.24, 2.45) is 0 Å². The predicted molar refractivity (Wildman–Crippen MR) is 106 cm³/mol. The molecule has 0 heterocycles. The molecule has 0 radical (unpaired) electrons. The van der Waals surface area contributed by atoms with Crippen LogP contribution in [0.2, 0.25) is 10.0 Å². The molecule has 0 aliphatic heterocycles. The van der Waals surface area contributed by atoms with Gasteiger partial charge in [-0.1, -0.05) is 35.3 Å². The lowest BCUT2D eigenvalue weighted by atomic mass is 10.0. The van der Waals surface area contributed by atoms with E-state index in [0.717, 1.165) is 33.8 Å². The third-order valence-corrected chi connectivity index (χ3v) is 5.64. The maximum Gasteiger partial charge on any atom is 0.251 e. The van der Waals surface area contributed by atoms with Crippen LogP contribution >= 0.6 is 35.0 Å². The summed E-state index contributed by atoms with van der Waals surface area (Å²) < 4.78 is 0. The second-order valence-electron chi connectivity index (χ2n) is 5.81. The Morgan fingerprint density at radius 3 is 2.42 bits per heavy atom. The van der Waals surface area contributed by atoms with Crippen LogP contribution in [0.3, 0.4) is 0 Å². The molecule has 0 bridgehead atoms. The molecular formula is C19H21Cl2NOS. The summed E-state index contributed by atoms with van der Waals surface area (Å²) in [5, 5.41) is 4.13. The highest BCUT2D eigenvalue weighted by atomic mass is 35.5.